The van der Waals surface area contributed by atoms with Crippen LogP contribution in [0.15, 0.2) is 53.9 Å². The molecule has 1 fully saturated rings. The van der Waals surface area contributed by atoms with Crippen molar-refractivity contribution >= 4 is 56.6 Å². The molecule has 34 heavy (non-hydrogen) atoms. The largest absolute Gasteiger partial charge is 0.495 e. The summed E-state index contributed by atoms with van der Waals surface area (Å²) in [5, 5.41) is 6.67. The number of urea groups is 1. The van der Waals surface area contributed by atoms with Crippen molar-refractivity contribution in [3.8, 4) is 16.9 Å². The number of methoxy groups -OCH3 is 1. The normalized spacial score (nSPS) is 13.8. The first kappa shape index (κ1) is 22.2. The number of fused-ring (bicyclic) bond motifs is 1. The summed E-state index contributed by atoms with van der Waals surface area (Å²) in [6.07, 6.45) is 0. The second-order valence-corrected chi connectivity index (χ2v) is 9.14. The monoisotopic (exact) mass is 494 g/mol. The molecule has 1 aliphatic rings. The molecule has 2 aromatic carbocycles. The molecule has 2 amide bonds. The highest BCUT2D eigenvalue weighted by Gasteiger charge is 2.26. The molecule has 1 saturated heterocycles. The predicted octanol–water partition coefficient (Wildman–Crippen LogP) is 4.96. The molecular formula is C24H23ClN6O2S. The molecule has 2 aromatic heterocycles. The molecule has 5 rings (SSSR count). The molecule has 0 bridgehead atoms. The molecule has 0 aliphatic carbocycles. The Morgan fingerprint density at radius 2 is 1.82 bits per heavy atom. The fraction of sp³-hybridized carbons (Fsp3) is 0.208. The number of benzene rings is 2. The Morgan fingerprint density at radius 3 is 2.56 bits per heavy atom. The summed E-state index contributed by atoms with van der Waals surface area (Å²) in [6, 6.07) is 14.9. The van der Waals surface area contributed by atoms with Gasteiger partial charge in [0.2, 0.25) is 5.95 Å². The molecule has 8 nitrogen and oxygen atoms in total. The van der Waals surface area contributed by atoms with Gasteiger partial charge in [-0.3, -0.25) is 0 Å². The minimum absolute atomic E-state index is 0.158. The number of halogens is 1. The number of carbonyl (C=O) groups excluding carboxylic acids is 1. The summed E-state index contributed by atoms with van der Waals surface area (Å²) in [5.74, 6) is 1.65. The summed E-state index contributed by atoms with van der Waals surface area (Å²) in [5.41, 5.74) is 8.77. The summed E-state index contributed by atoms with van der Waals surface area (Å²) in [4.78, 5) is 26.7. The first-order valence-corrected chi connectivity index (χ1v) is 12.0. The van der Waals surface area contributed by atoms with Crippen molar-refractivity contribution < 1.29 is 9.53 Å². The molecule has 0 spiro atoms. The Bertz CT molecular complexity index is 1340. The minimum atomic E-state index is -0.158. The summed E-state index contributed by atoms with van der Waals surface area (Å²) in [7, 11) is 1.58. The third kappa shape index (κ3) is 4.32. The van der Waals surface area contributed by atoms with E-state index in [2.05, 4.69) is 25.6 Å². The van der Waals surface area contributed by atoms with Gasteiger partial charge in [0, 0.05) is 42.1 Å². The Labute approximate surface area is 205 Å². The number of nitrogens with two attached hydrogens (primary N) is 1. The molecule has 10 heteroatoms. The summed E-state index contributed by atoms with van der Waals surface area (Å²) in [6.45, 7) is 2.35. The Kier molecular flexibility index (Phi) is 6.12. The van der Waals surface area contributed by atoms with Gasteiger partial charge in [0.25, 0.3) is 0 Å². The first-order chi connectivity index (χ1) is 16.5. The van der Waals surface area contributed by atoms with Gasteiger partial charge in [-0.05, 0) is 29.8 Å². The van der Waals surface area contributed by atoms with E-state index in [9.17, 15) is 4.79 Å². The first-order valence-electron chi connectivity index (χ1n) is 10.8. The molecule has 0 unspecified atom stereocenters. The van der Waals surface area contributed by atoms with Crippen molar-refractivity contribution in [1.29, 1.82) is 0 Å². The van der Waals surface area contributed by atoms with Gasteiger partial charge < -0.3 is 25.6 Å². The topological polar surface area (TPSA) is 96.6 Å². The maximum atomic E-state index is 12.9. The van der Waals surface area contributed by atoms with Crippen molar-refractivity contribution in [1.82, 2.24) is 14.9 Å². The van der Waals surface area contributed by atoms with Crippen LogP contribution in [0.3, 0.4) is 0 Å². The standard InChI is InChI=1S/C24H23ClN6O2S/c1-33-19-5-3-2-4-18(19)27-24(32)31-12-10-30(11-13-31)21-20-17(15-6-8-16(25)9-7-15)14-34-22(20)29-23(26)28-21/h2-9,14H,10-13H2,1H3,(H,27,32)(H2,26,28,29). The van der Waals surface area contributed by atoms with Gasteiger partial charge in [-0.2, -0.15) is 4.98 Å². The number of nitrogens with zero attached hydrogens (tertiary/aromatic N) is 4. The van der Waals surface area contributed by atoms with Gasteiger partial charge in [-0.1, -0.05) is 35.9 Å². The SMILES string of the molecule is COc1ccccc1NC(=O)N1CCN(c2nc(N)nc3scc(-c4ccc(Cl)cc4)c23)CC1. The number of nitrogens with one attached hydrogen (secondary N) is 1. The third-order valence-corrected chi connectivity index (χ3v) is 6.93. The average molecular weight is 495 g/mol. The number of para-hydroxylation sites is 2. The van der Waals surface area contributed by atoms with Crippen molar-refractivity contribution in [2.24, 2.45) is 0 Å². The number of ether oxygens (including phenoxy) is 1. The lowest BCUT2D eigenvalue weighted by atomic mass is 10.1. The highest BCUT2D eigenvalue weighted by molar-refractivity contribution is 7.17. The molecule has 3 N–H and O–H groups in total. The van der Waals surface area contributed by atoms with Gasteiger partial charge in [0.15, 0.2) is 0 Å². The number of piperazine rings is 1. The van der Waals surface area contributed by atoms with Crippen LogP contribution in [0.1, 0.15) is 0 Å². The number of hydrogen-bond donors (Lipinski definition) is 2. The molecule has 174 valence electrons. The molecule has 3 heterocycles. The number of rotatable bonds is 4. The van der Waals surface area contributed by atoms with Gasteiger partial charge in [-0.25, -0.2) is 9.78 Å². The van der Waals surface area contributed by atoms with Crippen LogP contribution in [0, 0.1) is 0 Å². The van der Waals surface area contributed by atoms with Crippen molar-refractivity contribution in [3.05, 3.63) is 58.9 Å². The van der Waals surface area contributed by atoms with E-state index in [4.69, 9.17) is 22.1 Å². The van der Waals surface area contributed by atoms with Gasteiger partial charge in [0.05, 0.1) is 18.2 Å². The zero-order chi connectivity index (χ0) is 23.7. The van der Waals surface area contributed by atoms with Crippen LogP contribution in [-0.2, 0) is 0 Å². The van der Waals surface area contributed by atoms with Gasteiger partial charge in [0.1, 0.15) is 16.4 Å². The molecule has 1 aliphatic heterocycles. The second-order valence-electron chi connectivity index (χ2n) is 7.85. The average Bonchev–Trinajstić information content (AvgIpc) is 3.28. The van der Waals surface area contributed by atoms with Crippen LogP contribution >= 0.6 is 22.9 Å². The molecule has 0 saturated carbocycles. The van der Waals surface area contributed by atoms with Crippen LogP contribution in [0.25, 0.3) is 21.3 Å². The zero-order valence-electron chi connectivity index (χ0n) is 18.5. The number of aromatic nitrogens is 2. The lowest BCUT2D eigenvalue weighted by Crippen LogP contribution is -2.50. The molecule has 4 aromatic rings. The van der Waals surface area contributed by atoms with E-state index in [1.165, 1.54) is 11.3 Å². The number of anilines is 3. The number of amides is 2. The summed E-state index contributed by atoms with van der Waals surface area (Å²) < 4.78 is 5.33. The van der Waals surface area contributed by atoms with E-state index in [0.29, 0.717) is 42.6 Å². The van der Waals surface area contributed by atoms with Gasteiger partial charge >= 0.3 is 6.03 Å². The lowest BCUT2D eigenvalue weighted by molar-refractivity contribution is 0.208. The van der Waals surface area contributed by atoms with E-state index in [1.54, 1.807) is 12.0 Å². The molecular weight excluding hydrogens is 472 g/mol. The fourth-order valence-electron chi connectivity index (χ4n) is 4.07. The molecule has 0 atom stereocenters. The maximum Gasteiger partial charge on any atom is 0.322 e. The van der Waals surface area contributed by atoms with E-state index in [0.717, 1.165) is 27.2 Å². The number of nitrogen functional groups attached to an aromatic ring is 1. The van der Waals surface area contributed by atoms with Crippen LogP contribution in [0.4, 0.5) is 22.2 Å². The predicted molar refractivity (Wildman–Crippen MR) is 138 cm³/mol. The van der Waals surface area contributed by atoms with E-state index in [1.807, 2.05) is 48.5 Å². The minimum Gasteiger partial charge on any atom is -0.495 e. The van der Waals surface area contributed by atoms with Crippen LogP contribution in [0.5, 0.6) is 5.75 Å². The summed E-state index contributed by atoms with van der Waals surface area (Å²) >= 11 is 7.62. The fourth-order valence-corrected chi connectivity index (χ4v) is 5.15. The highest BCUT2D eigenvalue weighted by Crippen LogP contribution is 2.39. The lowest BCUT2D eigenvalue weighted by Gasteiger charge is -2.35. The maximum absolute atomic E-state index is 12.9. The van der Waals surface area contributed by atoms with Crippen molar-refractivity contribution in [3.63, 3.8) is 0 Å². The number of thiophene rings is 1. The number of hydrogen-bond acceptors (Lipinski definition) is 7. The highest BCUT2D eigenvalue weighted by atomic mass is 35.5. The van der Waals surface area contributed by atoms with E-state index < -0.39 is 0 Å². The van der Waals surface area contributed by atoms with Crippen LogP contribution in [-0.4, -0.2) is 54.2 Å². The van der Waals surface area contributed by atoms with Crippen LogP contribution in [0.2, 0.25) is 5.02 Å². The number of carbonyl (C=O) groups is 1. The van der Waals surface area contributed by atoms with E-state index in [-0.39, 0.29) is 12.0 Å². The van der Waals surface area contributed by atoms with Crippen molar-refractivity contribution in [2.45, 2.75) is 0 Å². The Hall–Kier alpha value is -3.56. The quantitative estimate of drug-likeness (QED) is 0.416. The molecule has 0 radical (unpaired) electrons. The smallest absolute Gasteiger partial charge is 0.322 e. The third-order valence-electron chi connectivity index (χ3n) is 5.80. The Balaban J connectivity index is 1.37. The Morgan fingerprint density at radius 1 is 1.09 bits per heavy atom. The van der Waals surface area contributed by atoms with Crippen LogP contribution < -0.4 is 20.7 Å². The van der Waals surface area contributed by atoms with E-state index >= 15 is 0 Å². The second kappa shape index (κ2) is 9.36. The van der Waals surface area contributed by atoms with Crippen molar-refractivity contribution in [2.75, 3.05) is 49.2 Å². The zero-order valence-corrected chi connectivity index (χ0v) is 20.1. The van der Waals surface area contributed by atoms with Gasteiger partial charge in [-0.15, -0.1) is 11.3 Å².